The third-order valence-corrected chi connectivity index (χ3v) is 4.30. The number of hydrogen-bond acceptors (Lipinski definition) is 4. The normalized spacial score (nSPS) is 13.3. The number of anilines is 1. The summed E-state index contributed by atoms with van der Waals surface area (Å²) >= 11 is 0. The Kier molecular flexibility index (Phi) is 4.74. The molecule has 7 nitrogen and oxygen atoms in total. The van der Waals surface area contributed by atoms with Crippen LogP contribution in [0.15, 0.2) is 24.3 Å². The molecular formula is C18H22N4O3. The van der Waals surface area contributed by atoms with Crippen molar-refractivity contribution < 1.29 is 14.3 Å². The van der Waals surface area contributed by atoms with Gasteiger partial charge >= 0.3 is 12.0 Å². The lowest BCUT2D eigenvalue weighted by atomic mass is 10.1. The van der Waals surface area contributed by atoms with E-state index in [0.29, 0.717) is 31.8 Å². The van der Waals surface area contributed by atoms with Crippen LogP contribution in [0, 0.1) is 6.92 Å². The van der Waals surface area contributed by atoms with E-state index in [4.69, 9.17) is 4.74 Å². The van der Waals surface area contributed by atoms with E-state index in [2.05, 4.69) is 10.4 Å². The molecule has 0 atom stereocenters. The minimum absolute atomic E-state index is 0.187. The number of aryl methyl sites for hydroxylation is 2. The number of nitrogens with zero attached hydrogens (tertiary/aromatic N) is 3. The lowest BCUT2D eigenvalue weighted by molar-refractivity contribution is 0.0516. The van der Waals surface area contributed by atoms with Crippen LogP contribution in [-0.4, -0.2) is 39.8 Å². The summed E-state index contributed by atoms with van der Waals surface area (Å²) in [6.45, 7) is 4.97. The topological polar surface area (TPSA) is 76.5 Å². The Bertz CT molecular complexity index is 795. The van der Waals surface area contributed by atoms with Crippen LogP contribution in [0.4, 0.5) is 10.5 Å². The minimum atomic E-state index is -0.444. The zero-order valence-corrected chi connectivity index (χ0v) is 14.7. The van der Waals surface area contributed by atoms with Gasteiger partial charge in [0.15, 0.2) is 5.69 Å². The highest BCUT2D eigenvalue weighted by Crippen LogP contribution is 2.23. The first-order valence-electron chi connectivity index (χ1n) is 8.34. The average molecular weight is 342 g/mol. The number of aromatic nitrogens is 2. The monoisotopic (exact) mass is 342 g/mol. The molecule has 2 aromatic rings. The Morgan fingerprint density at radius 2 is 2.00 bits per heavy atom. The second-order valence-electron chi connectivity index (χ2n) is 6.09. The van der Waals surface area contributed by atoms with Gasteiger partial charge in [0.25, 0.3) is 0 Å². The molecule has 1 aliphatic heterocycles. The zero-order chi connectivity index (χ0) is 18.0. The Hall–Kier alpha value is -2.83. The first-order valence-corrected chi connectivity index (χ1v) is 8.34. The highest BCUT2D eigenvalue weighted by Gasteiger charge is 2.29. The van der Waals surface area contributed by atoms with E-state index in [0.717, 1.165) is 22.5 Å². The Morgan fingerprint density at radius 3 is 2.68 bits per heavy atom. The molecule has 25 heavy (non-hydrogen) atoms. The number of benzene rings is 1. The van der Waals surface area contributed by atoms with Gasteiger partial charge in [0.2, 0.25) is 0 Å². The summed E-state index contributed by atoms with van der Waals surface area (Å²) in [5.41, 5.74) is 3.93. The summed E-state index contributed by atoms with van der Waals surface area (Å²) < 4.78 is 6.78. The van der Waals surface area contributed by atoms with Gasteiger partial charge in [0.1, 0.15) is 0 Å². The number of nitrogens with one attached hydrogen (secondary N) is 1. The van der Waals surface area contributed by atoms with E-state index in [1.807, 2.05) is 38.2 Å². The Balaban J connectivity index is 1.76. The van der Waals surface area contributed by atoms with Crippen molar-refractivity contribution in [3.05, 3.63) is 46.8 Å². The van der Waals surface area contributed by atoms with Gasteiger partial charge in [-0.3, -0.25) is 4.68 Å². The van der Waals surface area contributed by atoms with E-state index in [1.54, 1.807) is 16.5 Å². The first kappa shape index (κ1) is 17.0. The predicted octanol–water partition coefficient (Wildman–Crippen LogP) is 2.50. The van der Waals surface area contributed by atoms with Crippen molar-refractivity contribution in [2.45, 2.75) is 26.8 Å². The number of ether oxygens (including phenoxy) is 1. The molecule has 0 saturated carbocycles. The molecule has 0 bridgehead atoms. The summed E-state index contributed by atoms with van der Waals surface area (Å²) in [5, 5.41) is 7.18. The summed E-state index contributed by atoms with van der Waals surface area (Å²) in [6.07, 6.45) is 0.652. The Labute approximate surface area is 146 Å². The van der Waals surface area contributed by atoms with Gasteiger partial charge in [-0.1, -0.05) is 17.7 Å². The molecule has 3 rings (SSSR count). The van der Waals surface area contributed by atoms with Gasteiger partial charge in [-0.25, -0.2) is 9.59 Å². The fraction of sp³-hybridized carbons (Fsp3) is 0.389. The first-order chi connectivity index (χ1) is 12.0. The van der Waals surface area contributed by atoms with Crippen molar-refractivity contribution in [2.75, 3.05) is 18.5 Å². The number of hydrogen-bond donors (Lipinski definition) is 1. The molecule has 0 spiro atoms. The highest BCUT2D eigenvalue weighted by molar-refractivity contribution is 5.91. The van der Waals surface area contributed by atoms with Gasteiger partial charge in [-0.05, 0) is 26.0 Å². The number of amides is 2. The van der Waals surface area contributed by atoms with Crippen LogP contribution >= 0.6 is 0 Å². The third-order valence-electron chi connectivity index (χ3n) is 4.30. The predicted molar refractivity (Wildman–Crippen MR) is 93.5 cm³/mol. The van der Waals surface area contributed by atoms with E-state index >= 15 is 0 Å². The van der Waals surface area contributed by atoms with Crippen molar-refractivity contribution in [2.24, 2.45) is 7.05 Å². The van der Waals surface area contributed by atoms with E-state index < -0.39 is 5.97 Å². The van der Waals surface area contributed by atoms with Gasteiger partial charge < -0.3 is 15.0 Å². The summed E-state index contributed by atoms with van der Waals surface area (Å²) in [5.74, 6) is -0.444. The van der Waals surface area contributed by atoms with E-state index in [1.165, 1.54) is 0 Å². The molecule has 0 radical (unpaired) electrons. The van der Waals surface area contributed by atoms with Crippen LogP contribution in [0.1, 0.15) is 34.2 Å². The summed E-state index contributed by atoms with van der Waals surface area (Å²) in [7, 11) is 1.81. The maximum Gasteiger partial charge on any atom is 0.359 e. The fourth-order valence-corrected chi connectivity index (χ4v) is 2.97. The molecule has 0 saturated heterocycles. The van der Waals surface area contributed by atoms with Crippen LogP contribution < -0.4 is 5.32 Å². The smallest absolute Gasteiger partial charge is 0.359 e. The molecule has 1 aliphatic rings. The van der Waals surface area contributed by atoms with Crippen molar-refractivity contribution in [3.63, 3.8) is 0 Å². The number of carbonyl (C=O) groups is 2. The minimum Gasteiger partial charge on any atom is -0.461 e. The molecular weight excluding hydrogens is 320 g/mol. The lowest BCUT2D eigenvalue weighted by Crippen LogP contribution is -2.39. The van der Waals surface area contributed by atoms with Crippen molar-refractivity contribution in [1.82, 2.24) is 14.7 Å². The second-order valence-corrected chi connectivity index (χ2v) is 6.09. The maximum absolute atomic E-state index is 12.5. The number of esters is 1. The van der Waals surface area contributed by atoms with E-state index in [9.17, 15) is 9.59 Å². The highest BCUT2D eigenvalue weighted by atomic mass is 16.5. The number of fused-ring (bicyclic) bond motifs is 1. The quantitative estimate of drug-likeness (QED) is 0.870. The SMILES string of the molecule is CCOC(=O)c1nn(C)c2c1CN(C(=O)Nc1ccc(C)cc1)CC2. The van der Waals surface area contributed by atoms with Crippen LogP contribution in [-0.2, 0) is 24.8 Å². The lowest BCUT2D eigenvalue weighted by Gasteiger charge is -2.27. The average Bonchev–Trinajstić information content (AvgIpc) is 2.93. The van der Waals surface area contributed by atoms with Gasteiger partial charge in [-0.15, -0.1) is 0 Å². The number of urea groups is 1. The third kappa shape index (κ3) is 3.50. The van der Waals surface area contributed by atoms with Crippen LogP contribution in [0.3, 0.4) is 0 Å². The van der Waals surface area contributed by atoms with E-state index in [-0.39, 0.29) is 6.03 Å². The number of carbonyl (C=O) groups excluding carboxylic acids is 2. The second kappa shape index (κ2) is 6.96. The molecule has 0 fully saturated rings. The molecule has 2 heterocycles. The molecule has 1 aromatic heterocycles. The summed E-state index contributed by atoms with van der Waals surface area (Å²) in [6, 6.07) is 7.45. The molecule has 132 valence electrons. The van der Waals surface area contributed by atoms with Gasteiger partial charge in [0, 0.05) is 37.0 Å². The molecule has 2 amide bonds. The summed E-state index contributed by atoms with van der Waals surface area (Å²) in [4.78, 5) is 26.3. The zero-order valence-electron chi connectivity index (χ0n) is 14.7. The van der Waals surface area contributed by atoms with Gasteiger partial charge in [-0.2, -0.15) is 5.10 Å². The van der Waals surface area contributed by atoms with Crippen LogP contribution in [0.5, 0.6) is 0 Å². The van der Waals surface area contributed by atoms with Gasteiger partial charge in [0.05, 0.1) is 13.2 Å². The fourth-order valence-electron chi connectivity index (χ4n) is 2.97. The van der Waals surface area contributed by atoms with Crippen molar-refractivity contribution in [3.8, 4) is 0 Å². The number of rotatable bonds is 3. The Morgan fingerprint density at radius 1 is 1.28 bits per heavy atom. The standard InChI is InChI=1S/C18H22N4O3/c1-4-25-17(23)16-14-11-22(10-9-15(14)21(3)20-16)18(24)19-13-7-5-12(2)6-8-13/h5-8H,4,9-11H2,1-3H3,(H,19,24). The molecule has 1 aromatic carbocycles. The molecule has 1 N–H and O–H groups in total. The van der Waals surface area contributed by atoms with Crippen LogP contribution in [0.2, 0.25) is 0 Å². The van der Waals surface area contributed by atoms with Crippen LogP contribution in [0.25, 0.3) is 0 Å². The largest absolute Gasteiger partial charge is 0.461 e. The molecule has 0 unspecified atom stereocenters. The molecule has 0 aliphatic carbocycles. The maximum atomic E-state index is 12.5. The van der Waals surface area contributed by atoms with Crippen molar-refractivity contribution >= 4 is 17.7 Å². The van der Waals surface area contributed by atoms with Crippen molar-refractivity contribution in [1.29, 1.82) is 0 Å². The molecule has 7 heteroatoms.